The number of benzene rings is 10. The SMILES string of the molecule is C1=C(c2ccccc2)SC(N(c2ccccc2)c2ccc(-c3ccc(-c4ccc5c(c4)c4ccccc4n5-c4ccc5c(c4)C(c4ccccc4)(c4ccccc4)c4ccccc4-5)cc3)cc2)C1. The van der Waals surface area contributed by atoms with Gasteiger partial charge in [-0.1, -0.05) is 206 Å². The summed E-state index contributed by atoms with van der Waals surface area (Å²) in [5.74, 6) is 0. The van der Waals surface area contributed by atoms with Crippen LogP contribution in [0.2, 0.25) is 0 Å². The lowest BCUT2D eigenvalue weighted by atomic mass is 9.67. The summed E-state index contributed by atoms with van der Waals surface area (Å²) in [5, 5.41) is 2.76. The Labute approximate surface area is 402 Å². The third kappa shape index (κ3) is 6.57. The van der Waals surface area contributed by atoms with Gasteiger partial charge in [0.2, 0.25) is 0 Å². The van der Waals surface area contributed by atoms with Gasteiger partial charge >= 0.3 is 0 Å². The van der Waals surface area contributed by atoms with Gasteiger partial charge in [0.1, 0.15) is 0 Å². The number of anilines is 2. The second-order valence-electron chi connectivity index (χ2n) is 17.9. The molecule has 68 heavy (non-hydrogen) atoms. The normalized spacial score (nSPS) is 14.7. The van der Waals surface area contributed by atoms with Crippen LogP contribution in [0.3, 0.4) is 0 Å². The van der Waals surface area contributed by atoms with E-state index in [1.807, 2.05) is 11.8 Å². The highest BCUT2D eigenvalue weighted by Gasteiger charge is 2.46. The quantitative estimate of drug-likeness (QED) is 0.143. The number of nitrogens with zero attached hydrogens (tertiary/aromatic N) is 2. The molecule has 0 saturated carbocycles. The molecule has 0 saturated heterocycles. The number of thioether (sulfide) groups is 1. The third-order valence-corrected chi connectivity index (χ3v) is 15.6. The van der Waals surface area contributed by atoms with Crippen LogP contribution in [-0.2, 0) is 5.41 Å². The van der Waals surface area contributed by atoms with Crippen LogP contribution in [-0.4, -0.2) is 9.94 Å². The van der Waals surface area contributed by atoms with Crippen molar-refractivity contribution in [3.8, 4) is 39.1 Å². The van der Waals surface area contributed by atoms with Gasteiger partial charge in [-0.15, -0.1) is 11.8 Å². The van der Waals surface area contributed by atoms with Crippen molar-refractivity contribution >= 4 is 49.8 Å². The van der Waals surface area contributed by atoms with Crippen LogP contribution >= 0.6 is 11.8 Å². The topological polar surface area (TPSA) is 8.17 Å². The first-order valence-electron chi connectivity index (χ1n) is 23.6. The average Bonchev–Trinajstić information content (AvgIpc) is 4.12. The Balaban J connectivity index is 0.840. The summed E-state index contributed by atoms with van der Waals surface area (Å²) in [6.07, 6.45) is 3.37. The first-order valence-corrected chi connectivity index (χ1v) is 24.5. The van der Waals surface area contributed by atoms with Crippen molar-refractivity contribution in [3.05, 3.63) is 289 Å². The summed E-state index contributed by atoms with van der Waals surface area (Å²) in [6, 6.07) is 93.9. The van der Waals surface area contributed by atoms with Crippen LogP contribution in [0.5, 0.6) is 0 Å². The van der Waals surface area contributed by atoms with Gasteiger partial charge in [-0.05, 0) is 122 Å². The minimum absolute atomic E-state index is 0.272. The van der Waals surface area contributed by atoms with Gasteiger partial charge in [-0.3, -0.25) is 0 Å². The van der Waals surface area contributed by atoms with Crippen LogP contribution in [0.1, 0.15) is 34.2 Å². The molecule has 0 spiro atoms. The molecule has 1 aliphatic heterocycles. The molecule has 1 unspecified atom stereocenters. The second kappa shape index (κ2) is 16.6. The van der Waals surface area contributed by atoms with Gasteiger partial charge < -0.3 is 9.47 Å². The van der Waals surface area contributed by atoms with Gasteiger partial charge in [0.05, 0.1) is 21.8 Å². The Hall–Kier alpha value is -8.11. The predicted molar refractivity (Wildman–Crippen MR) is 288 cm³/mol. The second-order valence-corrected chi connectivity index (χ2v) is 19.1. The smallest absolute Gasteiger partial charge is 0.0880 e. The third-order valence-electron chi connectivity index (χ3n) is 14.2. The standard InChI is InChI=1S/C65H46N2S/c1-5-17-48(18-6-1)63-41-42-64(68-63)66(52-23-11-4-12-24-52)53-36-33-46(34-37-53)45-29-31-47(32-30-45)49-35-40-62-58(43-49)57-26-14-16-28-61(57)67(62)54-38-39-56-55-25-13-15-27-59(55)65(60(56)44-54,50-19-7-2-8-20-50)51-21-9-3-10-22-51/h1-41,43-44,64H,42H2. The molecule has 3 heteroatoms. The van der Waals surface area contributed by atoms with Gasteiger partial charge in [-0.2, -0.15) is 0 Å². The minimum atomic E-state index is -0.466. The van der Waals surface area contributed by atoms with Crippen LogP contribution < -0.4 is 4.90 Å². The highest BCUT2D eigenvalue weighted by molar-refractivity contribution is 8.09. The van der Waals surface area contributed by atoms with Gasteiger partial charge in [0.25, 0.3) is 0 Å². The predicted octanol–water partition coefficient (Wildman–Crippen LogP) is 17.1. The number of aromatic nitrogens is 1. The molecule has 2 heterocycles. The Morgan fingerprint density at radius 1 is 0.397 bits per heavy atom. The van der Waals surface area contributed by atoms with E-state index < -0.39 is 5.41 Å². The lowest BCUT2D eigenvalue weighted by Gasteiger charge is -2.34. The van der Waals surface area contributed by atoms with Crippen LogP contribution in [0.4, 0.5) is 11.4 Å². The summed E-state index contributed by atoms with van der Waals surface area (Å²) in [4.78, 5) is 3.83. The zero-order valence-electron chi connectivity index (χ0n) is 37.4. The zero-order chi connectivity index (χ0) is 45.0. The molecule has 11 aromatic rings. The molecule has 0 fully saturated rings. The molecule has 10 aromatic carbocycles. The molecule has 2 aliphatic rings. The number of rotatable bonds is 9. The summed E-state index contributed by atoms with van der Waals surface area (Å²) in [5.41, 5.74) is 19.3. The monoisotopic (exact) mass is 886 g/mol. The van der Waals surface area contributed by atoms with Gasteiger partial charge in [0.15, 0.2) is 0 Å². The highest BCUT2D eigenvalue weighted by atomic mass is 32.2. The number of hydrogen-bond acceptors (Lipinski definition) is 2. The van der Waals surface area contributed by atoms with E-state index in [0.29, 0.717) is 0 Å². The maximum Gasteiger partial charge on any atom is 0.0880 e. The summed E-state index contributed by atoms with van der Waals surface area (Å²) in [6.45, 7) is 0. The van der Waals surface area contributed by atoms with E-state index in [2.05, 4.69) is 270 Å². The maximum atomic E-state index is 2.49. The lowest BCUT2D eigenvalue weighted by molar-refractivity contribution is 0.767. The van der Waals surface area contributed by atoms with Gasteiger partial charge in [-0.25, -0.2) is 0 Å². The molecular weight excluding hydrogens is 841 g/mol. The fourth-order valence-electron chi connectivity index (χ4n) is 11.1. The van der Waals surface area contributed by atoms with Crippen molar-refractivity contribution in [2.24, 2.45) is 0 Å². The van der Waals surface area contributed by atoms with Crippen LogP contribution in [0.15, 0.2) is 261 Å². The Morgan fingerprint density at radius 2 is 0.926 bits per heavy atom. The van der Waals surface area contributed by atoms with Crippen molar-refractivity contribution in [3.63, 3.8) is 0 Å². The van der Waals surface area contributed by atoms with E-state index in [0.717, 1.165) is 12.1 Å². The molecule has 1 atom stereocenters. The van der Waals surface area contributed by atoms with E-state index >= 15 is 0 Å². The van der Waals surface area contributed by atoms with Crippen LogP contribution in [0.25, 0.3) is 65.8 Å². The lowest BCUT2D eigenvalue weighted by Crippen LogP contribution is -2.28. The number of para-hydroxylation sites is 2. The molecule has 322 valence electrons. The zero-order valence-corrected chi connectivity index (χ0v) is 38.2. The van der Waals surface area contributed by atoms with Crippen molar-refractivity contribution in [2.45, 2.75) is 17.2 Å². The maximum absolute atomic E-state index is 2.49. The summed E-state index contributed by atoms with van der Waals surface area (Å²) in [7, 11) is 0. The molecule has 13 rings (SSSR count). The molecular formula is C65H46N2S. The average molecular weight is 887 g/mol. The largest absolute Gasteiger partial charge is 0.328 e. The Bertz CT molecular complexity index is 3610. The first-order chi connectivity index (χ1) is 33.7. The first kappa shape index (κ1) is 40.2. The fourth-order valence-corrected chi connectivity index (χ4v) is 12.4. The Morgan fingerprint density at radius 3 is 1.63 bits per heavy atom. The molecule has 1 aromatic heterocycles. The minimum Gasteiger partial charge on any atom is -0.328 e. The number of fused-ring (bicyclic) bond motifs is 6. The number of hydrogen-bond donors (Lipinski definition) is 0. The molecule has 2 nitrogen and oxygen atoms in total. The summed E-state index contributed by atoms with van der Waals surface area (Å²) < 4.78 is 2.47. The van der Waals surface area contributed by atoms with E-state index in [-0.39, 0.29) is 5.37 Å². The highest BCUT2D eigenvalue weighted by Crippen LogP contribution is 2.56. The van der Waals surface area contributed by atoms with Crippen molar-refractivity contribution in [1.29, 1.82) is 0 Å². The molecule has 0 N–H and O–H groups in total. The van der Waals surface area contributed by atoms with Gasteiger partial charge in [0, 0.05) is 32.7 Å². The van der Waals surface area contributed by atoms with Crippen molar-refractivity contribution in [1.82, 2.24) is 4.57 Å². The molecule has 0 amide bonds. The molecule has 1 aliphatic carbocycles. The molecule has 0 radical (unpaired) electrons. The van der Waals surface area contributed by atoms with Crippen LogP contribution in [0, 0.1) is 0 Å². The summed E-state index contributed by atoms with van der Waals surface area (Å²) >= 11 is 1.95. The fraction of sp³-hybridized carbons (Fsp3) is 0.0462. The Kier molecular flexibility index (Phi) is 9.84. The van der Waals surface area contributed by atoms with E-state index in [9.17, 15) is 0 Å². The molecule has 0 bridgehead atoms. The van der Waals surface area contributed by atoms with E-state index in [4.69, 9.17) is 0 Å². The van der Waals surface area contributed by atoms with E-state index in [1.54, 1.807) is 0 Å². The van der Waals surface area contributed by atoms with Crippen molar-refractivity contribution < 1.29 is 0 Å². The van der Waals surface area contributed by atoms with E-state index in [1.165, 1.54) is 99.3 Å². The van der Waals surface area contributed by atoms with Crippen molar-refractivity contribution in [2.75, 3.05) is 4.90 Å².